The van der Waals surface area contributed by atoms with Gasteiger partial charge in [-0.15, -0.1) is 0 Å². The van der Waals surface area contributed by atoms with Gasteiger partial charge in [0, 0.05) is 39.3 Å². The predicted octanol–water partition coefficient (Wildman–Crippen LogP) is -1.13. The molecule has 0 aromatic carbocycles. The van der Waals surface area contributed by atoms with Crippen molar-refractivity contribution in [1.29, 1.82) is 0 Å². The molecule has 0 aliphatic heterocycles. The van der Waals surface area contributed by atoms with E-state index in [0.717, 1.165) is 32.7 Å². The van der Waals surface area contributed by atoms with Gasteiger partial charge in [0.25, 0.3) is 0 Å². The first kappa shape index (κ1) is 11.1. The molecule has 0 amide bonds. The van der Waals surface area contributed by atoms with Crippen molar-refractivity contribution in [1.82, 2.24) is 15.5 Å². The fourth-order valence-electron chi connectivity index (χ4n) is 0.664. The van der Waals surface area contributed by atoms with E-state index in [4.69, 9.17) is 17.5 Å². The number of rotatable bonds is 8. The Morgan fingerprint density at radius 3 is 2.00 bits per heavy atom. The summed E-state index contributed by atoms with van der Waals surface area (Å²) < 4.78 is 0. The largest absolute Gasteiger partial charge is 0.329 e. The van der Waals surface area contributed by atoms with Crippen molar-refractivity contribution in [3.8, 4) is 0 Å². The summed E-state index contributed by atoms with van der Waals surface area (Å²) in [7, 11) is 0. The Morgan fingerprint density at radius 1 is 0.909 bits per heavy atom. The fourth-order valence-corrected chi connectivity index (χ4v) is 0.759. The average molecular weight is 181 g/mol. The molecule has 4 nitrogen and oxygen atoms in total. The SMILES string of the molecule is NCCNCCNCCNCl. The van der Waals surface area contributed by atoms with Crippen LogP contribution in [0.1, 0.15) is 0 Å². The van der Waals surface area contributed by atoms with Gasteiger partial charge in [0.2, 0.25) is 0 Å². The molecule has 0 saturated heterocycles. The maximum atomic E-state index is 5.28. The molecule has 0 aromatic heterocycles. The van der Waals surface area contributed by atoms with Crippen LogP contribution >= 0.6 is 11.8 Å². The predicted molar refractivity (Wildman–Crippen MR) is 48.6 cm³/mol. The topological polar surface area (TPSA) is 62.1 Å². The van der Waals surface area contributed by atoms with Gasteiger partial charge in [0.15, 0.2) is 0 Å². The number of nitrogens with one attached hydrogen (secondary N) is 3. The normalized spacial score (nSPS) is 10.4. The highest BCUT2D eigenvalue weighted by molar-refractivity contribution is 6.13. The van der Waals surface area contributed by atoms with E-state index in [2.05, 4.69) is 15.5 Å². The molecule has 5 heteroatoms. The molecule has 0 bridgehead atoms. The van der Waals surface area contributed by atoms with Crippen LogP contribution < -0.4 is 21.2 Å². The lowest BCUT2D eigenvalue weighted by atomic mass is 10.5. The third-order valence-electron chi connectivity index (χ3n) is 1.20. The van der Waals surface area contributed by atoms with Crippen molar-refractivity contribution in [2.24, 2.45) is 5.73 Å². The molecule has 0 spiro atoms. The Bertz CT molecular complexity index is 63.6. The minimum Gasteiger partial charge on any atom is -0.329 e. The minimum atomic E-state index is 0.698. The second-order valence-corrected chi connectivity index (χ2v) is 2.44. The van der Waals surface area contributed by atoms with Gasteiger partial charge in [-0.3, -0.25) is 0 Å². The molecule has 5 N–H and O–H groups in total. The van der Waals surface area contributed by atoms with Crippen LogP contribution in [0, 0.1) is 0 Å². The van der Waals surface area contributed by atoms with Gasteiger partial charge in [0.05, 0.1) is 0 Å². The Labute approximate surface area is 73.0 Å². The molecule has 0 atom stereocenters. The lowest BCUT2D eigenvalue weighted by Crippen LogP contribution is -2.32. The van der Waals surface area contributed by atoms with Gasteiger partial charge in [-0.2, -0.15) is 0 Å². The Balaban J connectivity index is 2.69. The lowest BCUT2D eigenvalue weighted by molar-refractivity contribution is 0.613. The molecule has 0 fully saturated rings. The van der Waals surface area contributed by atoms with Crippen molar-refractivity contribution in [3.05, 3.63) is 0 Å². The minimum absolute atomic E-state index is 0.698. The molecular weight excluding hydrogens is 164 g/mol. The van der Waals surface area contributed by atoms with E-state index in [9.17, 15) is 0 Å². The molecule has 0 aliphatic carbocycles. The van der Waals surface area contributed by atoms with E-state index in [1.807, 2.05) is 0 Å². The Hall–Kier alpha value is 0.130. The first-order chi connectivity index (χ1) is 5.41. The highest BCUT2D eigenvalue weighted by atomic mass is 35.5. The summed E-state index contributed by atoms with van der Waals surface area (Å²) >= 11 is 5.24. The average Bonchev–Trinajstić information content (AvgIpc) is 2.03. The van der Waals surface area contributed by atoms with Gasteiger partial charge in [-0.05, 0) is 11.8 Å². The highest BCUT2D eigenvalue weighted by Crippen LogP contribution is 1.62. The summed E-state index contributed by atoms with van der Waals surface area (Å²) in [4.78, 5) is 2.54. The monoisotopic (exact) mass is 180 g/mol. The summed E-state index contributed by atoms with van der Waals surface area (Å²) in [6.07, 6.45) is 0. The molecule has 0 radical (unpaired) electrons. The summed E-state index contributed by atoms with van der Waals surface area (Å²) in [6.45, 7) is 5.18. The molecule has 0 saturated carbocycles. The van der Waals surface area contributed by atoms with E-state index in [0.29, 0.717) is 6.54 Å². The summed E-state index contributed by atoms with van der Waals surface area (Å²) in [6, 6.07) is 0. The summed E-state index contributed by atoms with van der Waals surface area (Å²) in [5.41, 5.74) is 5.28. The van der Waals surface area contributed by atoms with Crippen LogP contribution in [0.3, 0.4) is 0 Å². The molecule has 0 aliphatic rings. The molecule has 0 rings (SSSR count). The smallest absolute Gasteiger partial charge is 0.0233 e. The Kier molecular flexibility index (Phi) is 10.2. The molecule has 0 unspecified atom stereocenters. The van der Waals surface area contributed by atoms with E-state index < -0.39 is 0 Å². The van der Waals surface area contributed by atoms with Gasteiger partial charge in [0.1, 0.15) is 0 Å². The maximum Gasteiger partial charge on any atom is 0.0233 e. The number of hydrogen-bond acceptors (Lipinski definition) is 4. The van der Waals surface area contributed by atoms with Crippen LogP contribution in [-0.2, 0) is 0 Å². The second-order valence-electron chi connectivity index (χ2n) is 2.17. The molecular formula is C6H17ClN4. The summed E-state index contributed by atoms with van der Waals surface area (Å²) in [5.74, 6) is 0. The summed E-state index contributed by atoms with van der Waals surface area (Å²) in [5, 5.41) is 6.37. The first-order valence-electron chi connectivity index (χ1n) is 3.86. The van der Waals surface area contributed by atoms with Crippen molar-refractivity contribution in [3.63, 3.8) is 0 Å². The fraction of sp³-hybridized carbons (Fsp3) is 1.00. The van der Waals surface area contributed by atoms with Crippen LogP contribution in [0.5, 0.6) is 0 Å². The zero-order valence-electron chi connectivity index (χ0n) is 6.70. The zero-order valence-corrected chi connectivity index (χ0v) is 7.45. The van der Waals surface area contributed by atoms with Gasteiger partial charge in [-0.1, -0.05) is 0 Å². The van der Waals surface area contributed by atoms with Gasteiger partial charge >= 0.3 is 0 Å². The lowest BCUT2D eigenvalue weighted by Gasteiger charge is -2.03. The zero-order chi connectivity index (χ0) is 8.36. The molecule has 0 aromatic rings. The van der Waals surface area contributed by atoms with Gasteiger partial charge < -0.3 is 16.4 Å². The van der Waals surface area contributed by atoms with Crippen molar-refractivity contribution >= 4 is 11.8 Å². The second kappa shape index (κ2) is 10.1. The third-order valence-corrected chi connectivity index (χ3v) is 1.38. The van der Waals surface area contributed by atoms with Crippen molar-refractivity contribution in [2.75, 3.05) is 39.3 Å². The maximum absolute atomic E-state index is 5.28. The van der Waals surface area contributed by atoms with E-state index in [1.54, 1.807) is 0 Å². The Morgan fingerprint density at radius 2 is 1.45 bits per heavy atom. The number of hydrogen-bond donors (Lipinski definition) is 4. The van der Waals surface area contributed by atoms with E-state index in [-0.39, 0.29) is 0 Å². The van der Waals surface area contributed by atoms with Gasteiger partial charge in [-0.25, -0.2) is 4.84 Å². The molecule has 68 valence electrons. The number of nitrogens with two attached hydrogens (primary N) is 1. The van der Waals surface area contributed by atoms with Crippen molar-refractivity contribution in [2.45, 2.75) is 0 Å². The van der Waals surface area contributed by atoms with Crippen LogP contribution in [0.4, 0.5) is 0 Å². The highest BCUT2D eigenvalue weighted by Gasteiger charge is 1.85. The van der Waals surface area contributed by atoms with Crippen LogP contribution in [0.15, 0.2) is 0 Å². The van der Waals surface area contributed by atoms with E-state index in [1.165, 1.54) is 0 Å². The quantitative estimate of drug-likeness (QED) is 0.282. The first-order valence-corrected chi connectivity index (χ1v) is 4.24. The van der Waals surface area contributed by atoms with Crippen LogP contribution in [-0.4, -0.2) is 39.3 Å². The van der Waals surface area contributed by atoms with Crippen LogP contribution in [0.25, 0.3) is 0 Å². The third kappa shape index (κ3) is 10.1. The van der Waals surface area contributed by atoms with Crippen molar-refractivity contribution < 1.29 is 0 Å². The standard InChI is InChI=1S/C6H17ClN4/c7-11-6-5-10-4-3-9-2-1-8/h9-11H,1-6,8H2. The molecule has 11 heavy (non-hydrogen) atoms. The van der Waals surface area contributed by atoms with Crippen LogP contribution in [0.2, 0.25) is 0 Å². The molecule has 0 heterocycles. The number of halogens is 1. The van der Waals surface area contributed by atoms with E-state index >= 15 is 0 Å².